The van der Waals surface area contributed by atoms with E-state index in [0.29, 0.717) is 27.5 Å². The summed E-state index contributed by atoms with van der Waals surface area (Å²) in [5, 5.41) is 14.6. The van der Waals surface area contributed by atoms with Crippen molar-refractivity contribution in [2.75, 3.05) is 5.73 Å². The second-order valence-electron chi connectivity index (χ2n) is 4.34. The molecule has 0 bridgehead atoms. The van der Waals surface area contributed by atoms with Gasteiger partial charge in [-0.25, -0.2) is 18.9 Å². The van der Waals surface area contributed by atoms with Crippen LogP contribution in [0.5, 0.6) is 5.75 Å². The predicted octanol–water partition coefficient (Wildman–Crippen LogP) is 1.30. The van der Waals surface area contributed by atoms with E-state index in [1.807, 2.05) is 6.92 Å². The van der Waals surface area contributed by atoms with E-state index in [-0.39, 0.29) is 11.6 Å². The molecule has 0 aliphatic heterocycles. The van der Waals surface area contributed by atoms with Crippen molar-refractivity contribution in [1.82, 2.24) is 19.7 Å². The first-order valence-corrected chi connectivity index (χ1v) is 7.44. The van der Waals surface area contributed by atoms with Gasteiger partial charge in [-0.1, -0.05) is 6.07 Å². The number of fused-ring (bicyclic) bond motifs is 1. The molecule has 2 aromatic heterocycles. The molecule has 108 valence electrons. The Balaban J connectivity index is 2.23. The molecule has 1 unspecified atom stereocenters. The number of phenols is 1. The minimum atomic E-state index is -1.57. The standard InChI is InChI=1S/C13H13N5O2S/c1-2-18-12-10(11(14)15-7-16-12)13(17-18)21(20)9-5-3-4-8(19)6-9/h3-7,19H,2H2,1H3,(H2,14,15,16). The van der Waals surface area contributed by atoms with Crippen molar-refractivity contribution in [2.24, 2.45) is 0 Å². The SMILES string of the molecule is CCn1nc(S(=O)c2cccc(O)c2)c2c(N)ncnc21. The molecule has 8 heteroatoms. The molecule has 0 saturated carbocycles. The van der Waals surface area contributed by atoms with E-state index in [1.54, 1.807) is 16.8 Å². The number of phenolic OH excluding ortho intramolecular Hbond substituents is 1. The minimum Gasteiger partial charge on any atom is -0.508 e. The Morgan fingerprint density at radius 1 is 1.38 bits per heavy atom. The first-order valence-electron chi connectivity index (χ1n) is 6.29. The molecule has 2 heterocycles. The molecule has 0 fully saturated rings. The van der Waals surface area contributed by atoms with Crippen LogP contribution in [-0.4, -0.2) is 29.1 Å². The lowest BCUT2D eigenvalue weighted by atomic mass is 10.3. The average Bonchev–Trinajstić information content (AvgIpc) is 2.86. The molecule has 1 aromatic carbocycles. The molecule has 3 rings (SSSR count). The van der Waals surface area contributed by atoms with Crippen LogP contribution in [0.25, 0.3) is 11.0 Å². The van der Waals surface area contributed by atoms with Crippen molar-refractivity contribution < 1.29 is 9.32 Å². The zero-order valence-corrected chi connectivity index (χ0v) is 12.0. The molecule has 0 aliphatic carbocycles. The van der Waals surface area contributed by atoms with E-state index in [4.69, 9.17) is 5.73 Å². The number of aromatic nitrogens is 4. The Labute approximate surface area is 122 Å². The molecule has 0 amide bonds. The number of hydrogen-bond acceptors (Lipinski definition) is 6. The maximum atomic E-state index is 12.7. The summed E-state index contributed by atoms with van der Waals surface area (Å²) in [5.41, 5.74) is 6.43. The maximum Gasteiger partial charge on any atom is 0.167 e. The zero-order chi connectivity index (χ0) is 15.0. The highest BCUT2D eigenvalue weighted by atomic mass is 32.2. The van der Waals surface area contributed by atoms with Crippen LogP contribution in [0.1, 0.15) is 6.92 Å². The Bertz CT molecular complexity index is 846. The van der Waals surface area contributed by atoms with Gasteiger partial charge in [0.05, 0.1) is 5.39 Å². The second kappa shape index (κ2) is 5.13. The fraction of sp³-hybridized carbons (Fsp3) is 0.154. The van der Waals surface area contributed by atoms with Gasteiger partial charge in [0.1, 0.15) is 28.7 Å². The first-order chi connectivity index (χ1) is 10.1. The van der Waals surface area contributed by atoms with Crippen LogP contribution >= 0.6 is 0 Å². The molecular weight excluding hydrogens is 290 g/mol. The van der Waals surface area contributed by atoms with Crippen molar-refractivity contribution in [3.05, 3.63) is 30.6 Å². The van der Waals surface area contributed by atoms with E-state index < -0.39 is 10.8 Å². The molecule has 3 aromatic rings. The van der Waals surface area contributed by atoms with Gasteiger partial charge >= 0.3 is 0 Å². The maximum absolute atomic E-state index is 12.7. The van der Waals surface area contributed by atoms with Crippen molar-refractivity contribution in [3.8, 4) is 5.75 Å². The highest BCUT2D eigenvalue weighted by molar-refractivity contribution is 7.85. The third-order valence-electron chi connectivity index (χ3n) is 3.03. The van der Waals surface area contributed by atoms with Gasteiger partial charge in [-0.3, -0.25) is 0 Å². The number of benzene rings is 1. The Morgan fingerprint density at radius 3 is 2.90 bits per heavy atom. The monoisotopic (exact) mass is 303 g/mol. The molecular formula is C13H13N5O2S. The average molecular weight is 303 g/mol. The van der Waals surface area contributed by atoms with Crippen LogP contribution in [0.15, 0.2) is 40.5 Å². The predicted molar refractivity (Wildman–Crippen MR) is 78.2 cm³/mol. The summed E-state index contributed by atoms with van der Waals surface area (Å²) in [6.07, 6.45) is 1.35. The van der Waals surface area contributed by atoms with E-state index in [2.05, 4.69) is 15.1 Å². The third kappa shape index (κ3) is 2.23. The summed E-state index contributed by atoms with van der Waals surface area (Å²) in [5.74, 6) is 0.285. The van der Waals surface area contributed by atoms with Gasteiger partial charge < -0.3 is 10.8 Å². The normalized spacial score (nSPS) is 12.6. The highest BCUT2D eigenvalue weighted by Crippen LogP contribution is 2.28. The molecule has 0 saturated heterocycles. The van der Waals surface area contributed by atoms with Crippen molar-refractivity contribution >= 4 is 27.7 Å². The second-order valence-corrected chi connectivity index (χ2v) is 5.74. The van der Waals surface area contributed by atoms with Gasteiger partial charge in [-0.15, -0.1) is 0 Å². The molecule has 21 heavy (non-hydrogen) atoms. The van der Waals surface area contributed by atoms with E-state index in [9.17, 15) is 9.32 Å². The Hall–Kier alpha value is -2.48. The Morgan fingerprint density at radius 2 is 2.19 bits per heavy atom. The van der Waals surface area contributed by atoms with Crippen LogP contribution in [0.3, 0.4) is 0 Å². The fourth-order valence-electron chi connectivity index (χ4n) is 2.06. The smallest absolute Gasteiger partial charge is 0.167 e. The van der Waals surface area contributed by atoms with Gasteiger partial charge in [-0.2, -0.15) is 5.10 Å². The largest absolute Gasteiger partial charge is 0.508 e. The van der Waals surface area contributed by atoms with Gasteiger partial charge in [0.2, 0.25) is 0 Å². The quantitative estimate of drug-likeness (QED) is 0.755. The van der Waals surface area contributed by atoms with E-state index in [0.717, 1.165) is 0 Å². The number of nitrogens with two attached hydrogens (primary N) is 1. The van der Waals surface area contributed by atoms with E-state index in [1.165, 1.54) is 18.5 Å². The number of rotatable bonds is 3. The van der Waals surface area contributed by atoms with Crippen molar-refractivity contribution in [2.45, 2.75) is 23.4 Å². The number of anilines is 1. The molecule has 7 nitrogen and oxygen atoms in total. The number of aromatic hydroxyl groups is 1. The summed E-state index contributed by atoms with van der Waals surface area (Å²) in [6, 6.07) is 6.24. The molecule has 0 radical (unpaired) electrons. The van der Waals surface area contributed by atoms with Crippen LogP contribution in [0, 0.1) is 0 Å². The number of nitrogen functional groups attached to an aromatic ring is 1. The van der Waals surface area contributed by atoms with Gasteiger partial charge in [0.15, 0.2) is 10.7 Å². The summed E-state index contributed by atoms with van der Waals surface area (Å²) in [6.45, 7) is 2.48. The van der Waals surface area contributed by atoms with Crippen molar-refractivity contribution in [3.63, 3.8) is 0 Å². The summed E-state index contributed by atoms with van der Waals surface area (Å²) < 4.78 is 14.3. The zero-order valence-electron chi connectivity index (χ0n) is 11.2. The lowest BCUT2D eigenvalue weighted by Crippen LogP contribution is -1.99. The minimum absolute atomic E-state index is 0.0456. The lowest BCUT2D eigenvalue weighted by Gasteiger charge is -2.01. The summed E-state index contributed by atoms with van der Waals surface area (Å²) >= 11 is 0. The van der Waals surface area contributed by atoms with Crippen LogP contribution in [0.4, 0.5) is 5.82 Å². The van der Waals surface area contributed by atoms with Gasteiger partial charge in [0, 0.05) is 11.4 Å². The molecule has 0 spiro atoms. The topological polar surface area (TPSA) is 107 Å². The van der Waals surface area contributed by atoms with Crippen LogP contribution in [0.2, 0.25) is 0 Å². The molecule has 0 aliphatic rings. The summed E-state index contributed by atoms with van der Waals surface area (Å²) in [4.78, 5) is 8.54. The van der Waals surface area contributed by atoms with Gasteiger partial charge in [-0.05, 0) is 25.1 Å². The number of aryl methyl sites for hydroxylation is 1. The van der Waals surface area contributed by atoms with Gasteiger partial charge in [0.25, 0.3) is 0 Å². The number of hydrogen-bond donors (Lipinski definition) is 2. The van der Waals surface area contributed by atoms with Crippen LogP contribution < -0.4 is 5.73 Å². The number of nitrogens with zero attached hydrogens (tertiary/aromatic N) is 4. The fourth-order valence-corrected chi connectivity index (χ4v) is 3.27. The van der Waals surface area contributed by atoms with Crippen LogP contribution in [-0.2, 0) is 17.3 Å². The summed E-state index contributed by atoms with van der Waals surface area (Å²) in [7, 11) is -1.57. The lowest BCUT2D eigenvalue weighted by molar-refractivity contribution is 0.473. The van der Waals surface area contributed by atoms with E-state index >= 15 is 0 Å². The molecule has 1 atom stereocenters. The molecule has 3 N–H and O–H groups in total. The first kappa shape index (κ1) is 13.5. The highest BCUT2D eigenvalue weighted by Gasteiger charge is 2.21. The Kier molecular flexibility index (Phi) is 3.30. The third-order valence-corrected chi connectivity index (χ3v) is 4.35. The van der Waals surface area contributed by atoms with Crippen molar-refractivity contribution in [1.29, 1.82) is 0 Å².